The molecule has 0 radical (unpaired) electrons. The number of sulfonamides is 1. The Morgan fingerprint density at radius 3 is 2.83 bits per heavy atom. The zero-order valence-corrected chi connectivity index (χ0v) is 14.6. The van der Waals surface area contributed by atoms with Crippen molar-refractivity contribution in [1.29, 1.82) is 0 Å². The number of nitrogens with zero attached hydrogens (tertiary/aromatic N) is 1. The molecule has 1 aromatic carbocycles. The Morgan fingerprint density at radius 1 is 1.29 bits per heavy atom. The third-order valence-corrected chi connectivity index (χ3v) is 6.75. The molecule has 1 fully saturated rings. The van der Waals surface area contributed by atoms with E-state index in [2.05, 4.69) is 11.9 Å². The molecular weight excluding hydrogens is 326 g/mol. The average molecular weight is 349 g/mol. The number of hydrogen-bond acceptors (Lipinski definition) is 4. The molecule has 130 valence electrons. The van der Waals surface area contributed by atoms with Gasteiger partial charge in [-0.1, -0.05) is 19.4 Å². The van der Waals surface area contributed by atoms with E-state index in [-0.39, 0.29) is 16.4 Å². The lowest BCUT2D eigenvalue weighted by atomic mass is 9.92. The lowest BCUT2D eigenvalue weighted by Crippen LogP contribution is -2.53. The van der Waals surface area contributed by atoms with Crippen molar-refractivity contribution in [2.75, 3.05) is 6.54 Å². The largest absolute Gasteiger partial charge is 0.329 e. The highest BCUT2D eigenvalue weighted by Crippen LogP contribution is 2.31. The second kappa shape index (κ2) is 6.66. The van der Waals surface area contributed by atoms with Crippen LogP contribution in [0.3, 0.4) is 0 Å². The van der Waals surface area contributed by atoms with Crippen LogP contribution in [0.5, 0.6) is 0 Å². The van der Waals surface area contributed by atoms with Crippen LogP contribution in [0.4, 0.5) is 0 Å². The van der Waals surface area contributed by atoms with Crippen LogP contribution in [0, 0.1) is 5.92 Å². The van der Waals surface area contributed by atoms with Crippen molar-refractivity contribution in [2.45, 2.75) is 43.7 Å². The molecule has 6 nitrogen and oxygen atoms in total. The zero-order chi connectivity index (χ0) is 17.3. The molecule has 0 saturated carbocycles. The molecule has 3 rings (SSSR count). The Morgan fingerprint density at radius 2 is 2.08 bits per heavy atom. The first-order valence-corrected chi connectivity index (χ1v) is 9.78. The summed E-state index contributed by atoms with van der Waals surface area (Å²) in [5, 5.41) is 0.806. The van der Waals surface area contributed by atoms with Gasteiger partial charge in [-0.25, -0.2) is 8.42 Å². The van der Waals surface area contributed by atoms with E-state index in [1.165, 1.54) is 10.5 Å². The maximum Gasteiger partial charge on any atom is 0.255 e. The number of H-pyrrole nitrogens is 1. The second-order valence-corrected chi connectivity index (χ2v) is 8.18. The number of pyridine rings is 1. The zero-order valence-electron chi connectivity index (χ0n) is 13.7. The summed E-state index contributed by atoms with van der Waals surface area (Å²) < 4.78 is 27.8. The summed E-state index contributed by atoms with van der Waals surface area (Å²) in [5.41, 5.74) is 5.99. The predicted octanol–water partition coefficient (Wildman–Crippen LogP) is 2.01. The number of nitrogens with one attached hydrogen (secondary N) is 1. The summed E-state index contributed by atoms with van der Waals surface area (Å²) in [6.45, 7) is 2.50. The van der Waals surface area contributed by atoms with Gasteiger partial charge in [0.1, 0.15) is 0 Å². The molecule has 7 heteroatoms. The monoisotopic (exact) mass is 349 g/mol. The molecule has 2 heterocycles. The van der Waals surface area contributed by atoms with Gasteiger partial charge in [0.05, 0.1) is 11.1 Å². The average Bonchev–Trinajstić information content (AvgIpc) is 2.56. The minimum atomic E-state index is -3.75. The van der Waals surface area contributed by atoms with E-state index in [4.69, 9.17) is 5.73 Å². The van der Waals surface area contributed by atoms with E-state index >= 15 is 0 Å². The first-order chi connectivity index (χ1) is 11.5. The van der Waals surface area contributed by atoms with Gasteiger partial charge in [-0.15, -0.1) is 0 Å². The summed E-state index contributed by atoms with van der Waals surface area (Å²) in [4.78, 5) is 14.7. The van der Waals surface area contributed by atoms with Gasteiger partial charge >= 0.3 is 0 Å². The molecule has 1 aliphatic heterocycles. The summed E-state index contributed by atoms with van der Waals surface area (Å²) >= 11 is 0. The van der Waals surface area contributed by atoms with E-state index in [1.807, 2.05) is 0 Å². The number of piperidine rings is 1. The van der Waals surface area contributed by atoms with Crippen LogP contribution in [0.15, 0.2) is 40.2 Å². The van der Waals surface area contributed by atoms with Gasteiger partial charge < -0.3 is 10.7 Å². The highest BCUT2D eigenvalue weighted by Gasteiger charge is 2.37. The van der Waals surface area contributed by atoms with Gasteiger partial charge in [0.2, 0.25) is 10.0 Å². The third-order valence-electron chi connectivity index (χ3n) is 4.79. The molecule has 2 unspecified atom stereocenters. The van der Waals surface area contributed by atoms with E-state index in [9.17, 15) is 13.2 Å². The molecule has 24 heavy (non-hydrogen) atoms. The Kier molecular flexibility index (Phi) is 4.76. The number of hydrogen-bond donors (Lipinski definition) is 2. The topological polar surface area (TPSA) is 96.3 Å². The van der Waals surface area contributed by atoms with Crippen LogP contribution in [-0.4, -0.2) is 30.4 Å². The first-order valence-electron chi connectivity index (χ1n) is 8.34. The van der Waals surface area contributed by atoms with Crippen LogP contribution in [0.25, 0.3) is 10.8 Å². The molecular formula is C17H23N3O3S. The summed E-state index contributed by atoms with van der Waals surface area (Å²) in [5.74, 6) is 0.178. The maximum absolute atomic E-state index is 13.2. The fourth-order valence-corrected chi connectivity index (χ4v) is 5.40. The summed E-state index contributed by atoms with van der Waals surface area (Å²) in [6.07, 6.45) is 4.62. The molecule has 2 atom stereocenters. The molecule has 2 aromatic rings. The van der Waals surface area contributed by atoms with Gasteiger partial charge in [-0.2, -0.15) is 4.31 Å². The van der Waals surface area contributed by atoms with Crippen molar-refractivity contribution in [2.24, 2.45) is 11.7 Å². The van der Waals surface area contributed by atoms with Crippen molar-refractivity contribution in [1.82, 2.24) is 9.29 Å². The van der Waals surface area contributed by atoms with Crippen molar-refractivity contribution in [3.8, 4) is 0 Å². The van der Waals surface area contributed by atoms with Gasteiger partial charge in [0, 0.05) is 23.5 Å². The quantitative estimate of drug-likeness (QED) is 0.882. The highest BCUT2D eigenvalue weighted by atomic mass is 32.2. The molecule has 1 saturated heterocycles. The molecule has 0 aliphatic carbocycles. The maximum atomic E-state index is 13.2. The van der Waals surface area contributed by atoms with Crippen molar-refractivity contribution < 1.29 is 8.42 Å². The first kappa shape index (κ1) is 17.1. The van der Waals surface area contributed by atoms with E-state index in [0.717, 1.165) is 25.7 Å². The summed E-state index contributed by atoms with van der Waals surface area (Å²) in [6, 6.07) is 6.41. The third kappa shape index (κ3) is 2.87. The Bertz CT molecular complexity index is 889. The standard InChI is InChI=1S/C17H23N3O3S/c1-2-5-12-6-4-11-20(16(12)18)24(22,23)15-8-3-7-14-13(15)9-10-19-17(14)21/h3,7-10,12,16H,2,4-6,11,18H2,1H3,(H,19,21). The minimum Gasteiger partial charge on any atom is -0.329 e. The SMILES string of the molecule is CCCC1CCCN(S(=O)(=O)c2cccc3c(=O)[nH]ccc23)C1N. The Labute approximate surface area is 141 Å². The normalized spacial score (nSPS) is 22.8. The lowest BCUT2D eigenvalue weighted by molar-refractivity contribution is 0.170. The van der Waals surface area contributed by atoms with Crippen molar-refractivity contribution in [3.05, 3.63) is 40.8 Å². The van der Waals surface area contributed by atoms with Crippen LogP contribution < -0.4 is 11.3 Å². The number of nitrogens with two attached hydrogens (primary N) is 1. The van der Waals surface area contributed by atoms with Gasteiger partial charge in [0.15, 0.2) is 0 Å². The molecule has 0 amide bonds. The number of rotatable bonds is 4. The molecule has 1 aliphatic rings. The molecule has 0 bridgehead atoms. The smallest absolute Gasteiger partial charge is 0.255 e. The van der Waals surface area contributed by atoms with Crippen molar-refractivity contribution >= 4 is 20.8 Å². The Balaban J connectivity index is 2.08. The van der Waals surface area contributed by atoms with Gasteiger partial charge in [-0.05, 0) is 43.4 Å². The fraction of sp³-hybridized carbons (Fsp3) is 0.471. The van der Waals surface area contributed by atoms with Crippen LogP contribution >= 0.6 is 0 Å². The van der Waals surface area contributed by atoms with Gasteiger partial charge in [0.25, 0.3) is 5.56 Å². The van der Waals surface area contributed by atoms with Crippen LogP contribution in [0.2, 0.25) is 0 Å². The van der Waals surface area contributed by atoms with E-state index in [1.54, 1.807) is 24.3 Å². The number of aromatic nitrogens is 1. The molecule has 0 spiro atoms. The van der Waals surface area contributed by atoms with E-state index in [0.29, 0.717) is 17.3 Å². The van der Waals surface area contributed by atoms with Crippen LogP contribution in [-0.2, 0) is 10.0 Å². The number of fused-ring (bicyclic) bond motifs is 1. The highest BCUT2D eigenvalue weighted by molar-refractivity contribution is 7.89. The number of aromatic amines is 1. The summed E-state index contributed by atoms with van der Waals surface area (Å²) in [7, 11) is -3.75. The van der Waals surface area contributed by atoms with Crippen molar-refractivity contribution in [3.63, 3.8) is 0 Å². The molecule has 3 N–H and O–H groups in total. The predicted molar refractivity (Wildman–Crippen MR) is 94.1 cm³/mol. The second-order valence-electron chi connectivity index (χ2n) is 6.32. The number of benzene rings is 1. The van der Waals surface area contributed by atoms with E-state index < -0.39 is 16.2 Å². The Hall–Kier alpha value is -1.70. The van der Waals surface area contributed by atoms with Crippen LogP contribution in [0.1, 0.15) is 32.6 Å². The fourth-order valence-electron chi connectivity index (χ4n) is 3.57. The molecule has 1 aromatic heterocycles. The lowest BCUT2D eigenvalue weighted by Gasteiger charge is -2.38. The minimum absolute atomic E-state index is 0.152. The van der Waals surface area contributed by atoms with Gasteiger partial charge in [-0.3, -0.25) is 4.79 Å².